The van der Waals surface area contributed by atoms with Gasteiger partial charge in [-0.25, -0.2) is 9.48 Å². The van der Waals surface area contributed by atoms with Crippen LogP contribution in [-0.4, -0.2) is 43.4 Å². The molecule has 25 heavy (non-hydrogen) atoms. The summed E-state index contributed by atoms with van der Waals surface area (Å²) in [7, 11) is 1.66. The molecule has 1 amide bonds. The second kappa shape index (κ2) is 7.23. The maximum absolute atomic E-state index is 12.5. The molecule has 7 heteroatoms. The third kappa shape index (κ3) is 3.37. The SMILES string of the molecule is CCn1c(C2CCN(C(=O)C(O)c3ccccc3)CC2)nn(C)c1=O. The molecule has 0 spiro atoms. The van der Waals surface area contributed by atoms with Crippen LogP contribution in [0.5, 0.6) is 0 Å². The van der Waals surface area contributed by atoms with Gasteiger partial charge < -0.3 is 10.0 Å². The fourth-order valence-corrected chi connectivity index (χ4v) is 3.43. The van der Waals surface area contributed by atoms with Crippen molar-refractivity contribution in [2.24, 2.45) is 7.05 Å². The van der Waals surface area contributed by atoms with E-state index >= 15 is 0 Å². The molecule has 134 valence electrons. The molecule has 2 heterocycles. The van der Waals surface area contributed by atoms with Crippen LogP contribution < -0.4 is 5.69 Å². The maximum atomic E-state index is 12.5. The zero-order valence-corrected chi connectivity index (χ0v) is 14.6. The Morgan fingerprint density at radius 2 is 1.92 bits per heavy atom. The third-order valence-electron chi connectivity index (χ3n) is 4.87. The second-order valence-electron chi connectivity index (χ2n) is 6.42. The molecule has 2 aromatic rings. The number of rotatable bonds is 4. The van der Waals surface area contributed by atoms with Crippen LogP contribution >= 0.6 is 0 Å². The predicted molar refractivity (Wildman–Crippen MR) is 93.1 cm³/mol. The highest BCUT2D eigenvalue weighted by atomic mass is 16.3. The van der Waals surface area contributed by atoms with E-state index in [0.717, 1.165) is 18.7 Å². The highest BCUT2D eigenvalue weighted by Gasteiger charge is 2.30. The zero-order chi connectivity index (χ0) is 18.0. The van der Waals surface area contributed by atoms with E-state index < -0.39 is 6.10 Å². The first-order valence-electron chi connectivity index (χ1n) is 8.68. The van der Waals surface area contributed by atoms with Crippen LogP contribution in [0.15, 0.2) is 35.1 Å². The lowest BCUT2D eigenvalue weighted by atomic mass is 9.95. The Labute approximate surface area is 146 Å². The molecule has 1 fully saturated rings. The van der Waals surface area contributed by atoms with Gasteiger partial charge in [-0.05, 0) is 25.3 Å². The molecule has 1 aliphatic heterocycles. The lowest BCUT2D eigenvalue weighted by molar-refractivity contribution is -0.141. The summed E-state index contributed by atoms with van der Waals surface area (Å²) in [5, 5.41) is 14.7. The van der Waals surface area contributed by atoms with Crippen LogP contribution in [0, 0.1) is 0 Å². The number of nitrogens with zero attached hydrogens (tertiary/aromatic N) is 4. The van der Waals surface area contributed by atoms with Crippen molar-refractivity contribution in [1.82, 2.24) is 19.2 Å². The number of carbonyl (C=O) groups excluding carboxylic acids is 1. The second-order valence-corrected chi connectivity index (χ2v) is 6.42. The van der Waals surface area contributed by atoms with Gasteiger partial charge in [0.25, 0.3) is 5.91 Å². The quantitative estimate of drug-likeness (QED) is 0.899. The summed E-state index contributed by atoms with van der Waals surface area (Å²) < 4.78 is 3.07. The van der Waals surface area contributed by atoms with E-state index in [-0.39, 0.29) is 17.5 Å². The Morgan fingerprint density at radius 1 is 1.28 bits per heavy atom. The molecule has 1 aromatic heterocycles. The zero-order valence-electron chi connectivity index (χ0n) is 14.6. The number of aliphatic hydroxyl groups is 1. The summed E-state index contributed by atoms with van der Waals surface area (Å²) >= 11 is 0. The lowest BCUT2D eigenvalue weighted by Crippen LogP contribution is -2.41. The van der Waals surface area contributed by atoms with E-state index in [0.29, 0.717) is 25.2 Å². The first-order chi connectivity index (χ1) is 12.0. The molecular weight excluding hydrogens is 320 g/mol. The van der Waals surface area contributed by atoms with Gasteiger partial charge in [0.05, 0.1) is 0 Å². The van der Waals surface area contributed by atoms with Crippen molar-refractivity contribution in [2.75, 3.05) is 13.1 Å². The Hall–Kier alpha value is -2.41. The largest absolute Gasteiger partial charge is 0.378 e. The summed E-state index contributed by atoms with van der Waals surface area (Å²) in [6, 6.07) is 8.98. The standard InChI is InChI=1S/C18H24N4O3/c1-3-22-16(19-20(2)18(22)25)14-9-11-21(12-10-14)17(24)15(23)13-7-5-4-6-8-13/h4-8,14-15,23H,3,9-12H2,1-2H3. The topological polar surface area (TPSA) is 80.4 Å². The third-order valence-corrected chi connectivity index (χ3v) is 4.87. The number of aliphatic hydroxyl groups excluding tert-OH is 1. The first kappa shape index (κ1) is 17.4. The normalized spacial score (nSPS) is 16.8. The van der Waals surface area contributed by atoms with E-state index in [1.54, 1.807) is 28.6 Å². The predicted octanol–water partition coefficient (Wildman–Crippen LogP) is 1.04. The van der Waals surface area contributed by atoms with Gasteiger partial charge in [-0.2, -0.15) is 5.10 Å². The molecule has 1 saturated heterocycles. The molecule has 3 rings (SSSR count). The number of aryl methyl sites for hydroxylation is 1. The Balaban J connectivity index is 1.67. The molecule has 0 bridgehead atoms. The average Bonchev–Trinajstić information content (AvgIpc) is 2.95. The maximum Gasteiger partial charge on any atom is 0.345 e. The number of likely N-dealkylation sites (tertiary alicyclic amines) is 1. The summed E-state index contributed by atoms with van der Waals surface area (Å²) in [6.07, 6.45) is 0.356. The van der Waals surface area contributed by atoms with Crippen molar-refractivity contribution in [3.05, 3.63) is 52.2 Å². The minimum atomic E-state index is -1.12. The van der Waals surface area contributed by atoms with Crippen LogP contribution in [0.4, 0.5) is 0 Å². The van der Waals surface area contributed by atoms with Crippen LogP contribution in [0.1, 0.15) is 43.2 Å². The van der Waals surface area contributed by atoms with E-state index in [4.69, 9.17) is 0 Å². The lowest BCUT2D eigenvalue weighted by Gasteiger charge is -2.32. The van der Waals surface area contributed by atoms with Crippen LogP contribution in [0.2, 0.25) is 0 Å². The molecular formula is C18H24N4O3. The minimum Gasteiger partial charge on any atom is -0.378 e. The smallest absolute Gasteiger partial charge is 0.345 e. The molecule has 1 unspecified atom stereocenters. The van der Waals surface area contributed by atoms with Crippen molar-refractivity contribution in [1.29, 1.82) is 0 Å². The van der Waals surface area contributed by atoms with Crippen molar-refractivity contribution in [3.63, 3.8) is 0 Å². The number of aromatic nitrogens is 3. The Bertz CT molecular complexity index is 788. The van der Waals surface area contributed by atoms with Gasteiger partial charge in [-0.1, -0.05) is 30.3 Å². The van der Waals surface area contributed by atoms with E-state index in [1.807, 2.05) is 25.1 Å². The van der Waals surface area contributed by atoms with Gasteiger partial charge in [0.15, 0.2) is 6.10 Å². The monoisotopic (exact) mass is 344 g/mol. The molecule has 0 aliphatic carbocycles. The van der Waals surface area contributed by atoms with E-state index in [1.165, 1.54) is 4.68 Å². The Kier molecular flexibility index (Phi) is 5.03. The average molecular weight is 344 g/mol. The molecule has 0 saturated carbocycles. The molecule has 1 N–H and O–H groups in total. The fourth-order valence-electron chi connectivity index (χ4n) is 3.43. The van der Waals surface area contributed by atoms with E-state index in [2.05, 4.69) is 5.10 Å². The molecule has 1 atom stereocenters. The summed E-state index contributed by atoms with van der Waals surface area (Å²) in [5.74, 6) is 0.691. The van der Waals surface area contributed by atoms with Gasteiger partial charge in [0.2, 0.25) is 0 Å². The van der Waals surface area contributed by atoms with Crippen molar-refractivity contribution in [2.45, 2.75) is 38.3 Å². The molecule has 1 aliphatic rings. The summed E-state index contributed by atoms with van der Waals surface area (Å²) in [6.45, 7) is 3.64. The summed E-state index contributed by atoms with van der Waals surface area (Å²) in [4.78, 5) is 26.3. The highest BCUT2D eigenvalue weighted by molar-refractivity contribution is 5.82. The van der Waals surface area contributed by atoms with Gasteiger partial charge in [0.1, 0.15) is 5.82 Å². The number of benzene rings is 1. The van der Waals surface area contributed by atoms with Crippen LogP contribution in [0.25, 0.3) is 0 Å². The highest BCUT2D eigenvalue weighted by Crippen LogP contribution is 2.27. The Morgan fingerprint density at radius 3 is 2.52 bits per heavy atom. The minimum absolute atomic E-state index is 0.101. The molecule has 1 aromatic carbocycles. The number of piperidine rings is 1. The number of hydrogen-bond donors (Lipinski definition) is 1. The molecule has 7 nitrogen and oxygen atoms in total. The van der Waals surface area contributed by atoms with Gasteiger partial charge in [0, 0.05) is 32.6 Å². The van der Waals surface area contributed by atoms with Crippen LogP contribution in [0.3, 0.4) is 0 Å². The van der Waals surface area contributed by atoms with Crippen molar-refractivity contribution >= 4 is 5.91 Å². The van der Waals surface area contributed by atoms with Crippen molar-refractivity contribution in [3.8, 4) is 0 Å². The van der Waals surface area contributed by atoms with E-state index in [9.17, 15) is 14.7 Å². The van der Waals surface area contributed by atoms with Gasteiger partial charge >= 0.3 is 5.69 Å². The first-order valence-corrected chi connectivity index (χ1v) is 8.68. The number of amides is 1. The number of carbonyl (C=O) groups is 1. The summed E-state index contributed by atoms with van der Waals surface area (Å²) in [5.41, 5.74) is 0.509. The van der Waals surface area contributed by atoms with Gasteiger partial charge in [-0.3, -0.25) is 9.36 Å². The fraction of sp³-hybridized carbons (Fsp3) is 0.500. The number of hydrogen-bond acceptors (Lipinski definition) is 4. The van der Waals surface area contributed by atoms with Crippen LogP contribution in [-0.2, 0) is 18.4 Å². The van der Waals surface area contributed by atoms with Crippen molar-refractivity contribution < 1.29 is 9.90 Å². The van der Waals surface area contributed by atoms with Gasteiger partial charge in [-0.15, -0.1) is 0 Å². The molecule has 0 radical (unpaired) electrons.